The van der Waals surface area contributed by atoms with Gasteiger partial charge in [-0.15, -0.1) is 0 Å². The lowest BCUT2D eigenvalue weighted by Crippen LogP contribution is -2.30. The van der Waals surface area contributed by atoms with E-state index in [0.29, 0.717) is 0 Å². The first-order valence-corrected chi connectivity index (χ1v) is 5.19. The number of hydrogen-bond donors (Lipinski definition) is 3. The number of hydrogen-bond acceptors (Lipinski definition) is 3. The van der Waals surface area contributed by atoms with Crippen LogP contribution in [0.25, 0.3) is 0 Å². The van der Waals surface area contributed by atoms with E-state index in [2.05, 4.69) is 20.5 Å². The summed E-state index contributed by atoms with van der Waals surface area (Å²) >= 11 is 0. The lowest BCUT2D eigenvalue weighted by atomic mass is 9.95. The second-order valence-corrected chi connectivity index (χ2v) is 3.88. The number of nitrogens with zero attached hydrogens (tertiary/aromatic N) is 1. The summed E-state index contributed by atoms with van der Waals surface area (Å²) in [7, 11) is 0. The Morgan fingerprint density at radius 1 is 1.50 bits per heavy atom. The lowest BCUT2D eigenvalue weighted by Gasteiger charge is -2.21. The molecule has 14 heavy (non-hydrogen) atoms. The minimum Gasteiger partial charge on any atom is -0.316 e. The number of aromatic amines is 2. The van der Waals surface area contributed by atoms with Crippen LogP contribution in [0.4, 0.5) is 0 Å². The van der Waals surface area contributed by atoms with Gasteiger partial charge < -0.3 is 5.32 Å². The highest BCUT2D eigenvalue weighted by Gasteiger charge is 2.13. The highest BCUT2D eigenvalue weighted by atomic mass is 16.1. The number of nitrogens with one attached hydrogen (secondary N) is 3. The molecule has 1 aromatic heterocycles. The SMILES string of the molecule is O=c1[nH]nc(CCC2CCCNC2)[nH]1. The lowest BCUT2D eigenvalue weighted by molar-refractivity contribution is 0.356. The van der Waals surface area contributed by atoms with Crippen LogP contribution in [0.15, 0.2) is 4.79 Å². The summed E-state index contributed by atoms with van der Waals surface area (Å²) in [5, 5.41) is 9.64. The van der Waals surface area contributed by atoms with Crippen LogP contribution < -0.4 is 11.0 Å². The molecule has 0 saturated carbocycles. The Kier molecular flexibility index (Phi) is 2.98. The van der Waals surface area contributed by atoms with Crippen LogP contribution in [-0.4, -0.2) is 28.3 Å². The molecule has 1 aliphatic heterocycles. The minimum absolute atomic E-state index is 0.207. The fourth-order valence-corrected chi connectivity index (χ4v) is 1.93. The van der Waals surface area contributed by atoms with Crippen molar-refractivity contribution in [3.63, 3.8) is 0 Å². The topological polar surface area (TPSA) is 73.6 Å². The first-order valence-electron chi connectivity index (χ1n) is 5.19. The van der Waals surface area contributed by atoms with E-state index in [9.17, 15) is 4.79 Å². The molecular formula is C9H16N4O. The average molecular weight is 196 g/mol. The summed E-state index contributed by atoms with van der Waals surface area (Å²) in [6.07, 6.45) is 4.53. The standard InChI is InChI=1S/C9H16N4O/c14-9-11-8(12-13-9)4-3-7-2-1-5-10-6-7/h7,10H,1-6H2,(H2,11,12,13,14). The van der Waals surface area contributed by atoms with Crippen LogP contribution in [0.2, 0.25) is 0 Å². The molecule has 0 amide bonds. The number of H-pyrrole nitrogens is 2. The second kappa shape index (κ2) is 4.41. The predicted octanol–water partition coefficient (Wildman–Crippen LogP) is 0.0302. The zero-order valence-electron chi connectivity index (χ0n) is 8.18. The molecule has 0 radical (unpaired) electrons. The number of aromatic nitrogens is 3. The van der Waals surface area contributed by atoms with E-state index >= 15 is 0 Å². The van der Waals surface area contributed by atoms with Crippen LogP contribution in [0.3, 0.4) is 0 Å². The van der Waals surface area contributed by atoms with E-state index in [4.69, 9.17) is 0 Å². The smallest absolute Gasteiger partial charge is 0.316 e. The third-order valence-corrected chi connectivity index (χ3v) is 2.74. The van der Waals surface area contributed by atoms with E-state index in [1.807, 2.05) is 0 Å². The molecule has 1 fully saturated rings. The molecule has 5 nitrogen and oxygen atoms in total. The van der Waals surface area contributed by atoms with Crippen LogP contribution in [0.5, 0.6) is 0 Å². The van der Waals surface area contributed by atoms with Crippen LogP contribution in [-0.2, 0) is 6.42 Å². The van der Waals surface area contributed by atoms with Crippen molar-refractivity contribution in [1.29, 1.82) is 0 Å². The quantitative estimate of drug-likeness (QED) is 0.638. The molecule has 1 aromatic rings. The van der Waals surface area contributed by atoms with Crippen molar-refractivity contribution >= 4 is 0 Å². The molecular weight excluding hydrogens is 180 g/mol. The Labute approximate surface area is 82.3 Å². The summed E-state index contributed by atoms with van der Waals surface area (Å²) in [6, 6.07) is 0. The highest BCUT2D eigenvalue weighted by molar-refractivity contribution is 4.82. The van der Waals surface area contributed by atoms with Gasteiger partial charge in [-0.05, 0) is 38.3 Å². The largest absolute Gasteiger partial charge is 0.340 e. The maximum atomic E-state index is 10.8. The maximum Gasteiger partial charge on any atom is 0.340 e. The van der Waals surface area contributed by atoms with Crippen LogP contribution in [0.1, 0.15) is 25.1 Å². The first-order chi connectivity index (χ1) is 6.84. The molecule has 0 bridgehead atoms. The molecule has 0 aliphatic carbocycles. The Morgan fingerprint density at radius 3 is 3.07 bits per heavy atom. The summed E-state index contributed by atoms with van der Waals surface area (Å²) < 4.78 is 0. The molecule has 78 valence electrons. The van der Waals surface area contributed by atoms with Crippen LogP contribution >= 0.6 is 0 Å². The second-order valence-electron chi connectivity index (χ2n) is 3.88. The molecule has 1 aliphatic rings. The Bertz CT molecular complexity index is 324. The molecule has 2 rings (SSSR count). The number of piperidine rings is 1. The summed E-state index contributed by atoms with van der Waals surface area (Å²) in [6.45, 7) is 2.25. The molecule has 0 aromatic carbocycles. The summed E-state index contributed by atoms with van der Waals surface area (Å²) in [4.78, 5) is 13.4. The van der Waals surface area contributed by atoms with Gasteiger partial charge in [0.05, 0.1) is 0 Å². The summed E-state index contributed by atoms with van der Waals surface area (Å²) in [5.74, 6) is 1.52. The van der Waals surface area contributed by atoms with Gasteiger partial charge in [-0.25, -0.2) is 9.89 Å². The molecule has 1 saturated heterocycles. The fourth-order valence-electron chi connectivity index (χ4n) is 1.93. The number of aryl methyl sites for hydroxylation is 1. The third-order valence-electron chi connectivity index (χ3n) is 2.74. The monoisotopic (exact) mass is 196 g/mol. The molecule has 0 spiro atoms. The minimum atomic E-state index is -0.207. The van der Waals surface area contributed by atoms with E-state index in [0.717, 1.165) is 37.7 Å². The Morgan fingerprint density at radius 2 is 2.43 bits per heavy atom. The zero-order chi connectivity index (χ0) is 9.80. The van der Waals surface area contributed by atoms with Crippen molar-refractivity contribution in [2.24, 2.45) is 5.92 Å². The zero-order valence-corrected chi connectivity index (χ0v) is 8.18. The highest BCUT2D eigenvalue weighted by Crippen LogP contribution is 2.15. The van der Waals surface area contributed by atoms with Gasteiger partial charge in [-0.3, -0.25) is 4.98 Å². The van der Waals surface area contributed by atoms with Crippen molar-refractivity contribution in [3.8, 4) is 0 Å². The number of rotatable bonds is 3. The van der Waals surface area contributed by atoms with E-state index in [1.165, 1.54) is 12.8 Å². The van der Waals surface area contributed by atoms with Gasteiger partial charge in [0.25, 0.3) is 0 Å². The predicted molar refractivity (Wildman–Crippen MR) is 53.1 cm³/mol. The van der Waals surface area contributed by atoms with Crippen molar-refractivity contribution in [2.45, 2.75) is 25.7 Å². The molecule has 5 heteroatoms. The molecule has 3 N–H and O–H groups in total. The first kappa shape index (κ1) is 9.45. The van der Waals surface area contributed by atoms with Gasteiger partial charge in [-0.2, -0.15) is 5.10 Å². The van der Waals surface area contributed by atoms with Gasteiger partial charge in [0.1, 0.15) is 5.82 Å². The fraction of sp³-hybridized carbons (Fsp3) is 0.778. The Balaban J connectivity index is 1.78. The van der Waals surface area contributed by atoms with Crippen LogP contribution in [0, 0.1) is 5.92 Å². The normalized spacial score (nSPS) is 22.4. The van der Waals surface area contributed by atoms with E-state index < -0.39 is 0 Å². The van der Waals surface area contributed by atoms with Gasteiger partial charge in [0.15, 0.2) is 0 Å². The maximum absolute atomic E-state index is 10.8. The van der Waals surface area contributed by atoms with Crippen molar-refractivity contribution < 1.29 is 0 Å². The Hall–Kier alpha value is -1.10. The molecule has 1 unspecified atom stereocenters. The molecule has 2 heterocycles. The van der Waals surface area contributed by atoms with Gasteiger partial charge in [0, 0.05) is 6.42 Å². The summed E-state index contributed by atoms with van der Waals surface area (Å²) in [5.41, 5.74) is -0.207. The van der Waals surface area contributed by atoms with Crippen molar-refractivity contribution in [3.05, 3.63) is 16.3 Å². The van der Waals surface area contributed by atoms with Gasteiger partial charge >= 0.3 is 5.69 Å². The average Bonchev–Trinajstić information content (AvgIpc) is 2.63. The molecule has 1 atom stereocenters. The van der Waals surface area contributed by atoms with E-state index in [-0.39, 0.29) is 5.69 Å². The van der Waals surface area contributed by atoms with E-state index in [1.54, 1.807) is 0 Å². The third kappa shape index (κ3) is 2.45. The van der Waals surface area contributed by atoms with Crippen molar-refractivity contribution in [1.82, 2.24) is 20.5 Å². The van der Waals surface area contributed by atoms with Crippen molar-refractivity contribution in [2.75, 3.05) is 13.1 Å². The van der Waals surface area contributed by atoms with Gasteiger partial charge in [0.2, 0.25) is 0 Å². The van der Waals surface area contributed by atoms with Gasteiger partial charge in [-0.1, -0.05) is 0 Å².